The standard InChI is InChI=1S/C13H20FNO2/c1-10(9-16-3)17-13(8-15-2)11-6-4-5-7-12(11)14/h4-7,10,13,15H,8-9H2,1-3H3. The molecule has 0 amide bonds. The molecule has 0 bridgehead atoms. The molecule has 96 valence electrons. The minimum atomic E-state index is -0.300. The lowest BCUT2D eigenvalue weighted by atomic mass is 10.1. The molecule has 2 atom stereocenters. The zero-order chi connectivity index (χ0) is 12.7. The van der Waals surface area contributed by atoms with Crippen LogP contribution in [0.2, 0.25) is 0 Å². The van der Waals surface area contributed by atoms with Gasteiger partial charge in [0.2, 0.25) is 0 Å². The number of hydrogen-bond donors (Lipinski definition) is 1. The summed E-state index contributed by atoms with van der Waals surface area (Å²) in [4.78, 5) is 0. The highest BCUT2D eigenvalue weighted by molar-refractivity contribution is 5.20. The summed E-state index contributed by atoms with van der Waals surface area (Å²) in [5, 5.41) is 3.01. The molecule has 2 unspecified atom stereocenters. The van der Waals surface area contributed by atoms with Gasteiger partial charge in [-0.25, -0.2) is 4.39 Å². The molecule has 0 aliphatic carbocycles. The zero-order valence-electron chi connectivity index (χ0n) is 10.6. The summed E-state index contributed by atoms with van der Waals surface area (Å²) >= 11 is 0. The minimum absolute atomic E-state index is 0.0713. The van der Waals surface area contributed by atoms with Crippen LogP contribution in [0.1, 0.15) is 18.6 Å². The Hall–Kier alpha value is -0.970. The molecule has 0 aliphatic heterocycles. The molecule has 0 spiro atoms. The first-order chi connectivity index (χ1) is 8.19. The van der Waals surface area contributed by atoms with E-state index < -0.39 is 0 Å². The number of likely N-dealkylation sites (N-methyl/N-ethyl adjacent to an activating group) is 1. The second-order valence-electron chi connectivity index (χ2n) is 3.97. The number of ether oxygens (including phenoxy) is 2. The van der Waals surface area contributed by atoms with Crippen LogP contribution >= 0.6 is 0 Å². The second kappa shape index (κ2) is 7.37. The fourth-order valence-electron chi connectivity index (χ4n) is 1.71. The average Bonchev–Trinajstić information content (AvgIpc) is 2.29. The molecule has 0 radical (unpaired) electrons. The maximum Gasteiger partial charge on any atom is 0.129 e. The predicted molar refractivity (Wildman–Crippen MR) is 65.5 cm³/mol. The number of nitrogens with one attached hydrogen (secondary N) is 1. The van der Waals surface area contributed by atoms with E-state index in [-0.39, 0.29) is 18.0 Å². The molecule has 0 saturated carbocycles. The van der Waals surface area contributed by atoms with Gasteiger partial charge in [0.15, 0.2) is 0 Å². The number of benzene rings is 1. The summed E-state index contributed by atoms with van der Waals surface area (Å²) in [6.07, 6.45) is -0.371. The van der Waals surface area contributed by atoms with Crippen molar-refractivity contribution < 1.29 is 13.9 Å². The predicted octanol–water partition coefficient (Wildman–Crippen LogP) is 2.14. The van der Waals surface area contributed by atoms with Crippen molar-refractivity contribution >= 4 is 0 Å². The number of hydrogen-bond acceptors (Lipinski definition) is 3. The van der Waals surface area contributed by atoms with Crippen molar-refractivity contribution in [3.63, 3.8) is 0 Å². The van der Waals surface area contributed by atoms with Gasteiger partial charge in [-0.1, -0.05) is 18.2 Å². The summed E-state index contributed by atoms with van der Waals surface area (Å²) in [6.45, 7) is 2.97. The van der Waals surface area contributed by atoms with Gasteiger partial charge in [0.25, 0.3) is 0 Å². The third kappa shape index (κ3) is 4.42. The Labute approximate surface area is 102 Å². The summed E-state index contributed by atoms with van der Waals surface area (Å²) in [5.74, 6) is -0.239. The third-order valence-corrected chi connectivity index (χ3v) is 2.44. The van der Waals surface area contributed by atoms with Crippen LogP contribution in [0.5, 0.6) is 0 Å². The Kier molecular flexibility index (Phi) is 6.11. The molecule has 3 nitrogen and oxygen atoms in total. The van der Waals surface area contributed by atoms with Crippen LogP contribution in [0, 0.1) is 5.82 Å². The molecule has 1 aromatic rings. The van der Waals surface area contributed by atoms with Crippen molar-refractivity contribution in [3.8, 4) is 0 Å². The SMILES string of the molecule is CNCC(OC(C)COC)c1ccccc1F. The Balaban J connectivity index is 2.75. The van der Waals surface area contributed by atoms with Crippen LogP contribution in [-0.4, -0.2) is 33.4 Å². The van der Waals surface area contributed by atoms with Gasteiger partial charge in [0.05, 0.1) is 18.8 Å². The number of rotatable bonds is 7. The van der Waals surface area contributed by atoms with E-state index in [1.807, 2.05) is 20.0 Å². The van der Waals surface area contributed by atoms with Crippen LogP contribution in [-0.2, 0) is 9.47 Å². The quantitative estimate of drug-likeness (QED) is 0.793. The van der Waals surface area contributed by atoms with Crippen molar-refractivity contribution in [2.75, 3.05) is 27.3 Å². The van der Waals surface area contributed by atoms with E-state index in [0.717, 1.165) is 0 Å². The van der Waals surface area contributed by atoms with Crippen LogP contribution in [0.25, 0.3) is 0 Å². The fraction of sp³-hybridized carbons (Fsp3) is 0.538. The lowest BCUT2D eigenvalue weighted by Crippen LogP contribution is -2.26. The van der Waals surface area contributed by atoms with Crippen LogP contribution < -0.4 is 5.32 Å². The summed E-state index contributed by atoms with van der Waals surface area (Å²) in [6, 6.07) is 6.68. The first-order valence-electron chi connectivity index (χ1n) is 5.72. The molecule has 0 heterocycles. The minimum Gasteiger partial charge on any atom is -0.382 e. The lowest BCUT2D eigenvalue weighted by molar-refractivity contribution is -0.0399. The number of halogens is 1. The number of methoxy groups -OCH3 is 1. The molecule has 1 aromatic carbocycles. The van der Waals surface area contributed by atoms with Crippen molar-refractivity contribution in [2.24, 2.45) is 0 Å². The maximum atomic E-state index is 13.7. The average molecular weight is 241 g/mol. The maximum absolute atomic E-state index is 13.7. The van der Waals surface area contributed by atoms with Crippen molar-refractivity contribution in [1.82, 2.24) is 5.32 Å². The van der Waals surface area contributed by atoms with Crippen LogP contribution in [0.15, 0.2) is 24.3 Å². The van der Waals surface area contributed by atoms with Gasteiger partial charge in [0, 0.05) is 19.2 Å². The second-order valence-corrected chi connectivity index (χ2v) is 3.97. The van der Waals surface area contributed by atoms with Gasteiger partial charge in [-0.3, -0.25) is 0 Å². The largest absolute Gasteiger partial charge is 0.382 e. The fourth-order valence-corrected chi connectivity index (χ4v) is 1.71. The molecule has 0 aliphatic rings. The van der Waals surface area contributed by atoms with Gasteiger partial charge in [-0.15, -0.1) is 0 Å². The smallest absolute Gasteiger partial charge is 0.129 e. The molecule has 0 aromatic heterocycles. The molecule has 17 heavy (non-hydrogen) atoms. The van der Waals surface area contributed by atoms with E-state index in [0.29, 0.717) is 18.7 Å². The van der Waals surface area contributed by atoms with E-state index in [4.69, 9.17) is 9.47 Å². The van der Waals surface area contributed by atoms with E-state index in [1.165, 1.54) is 6.07 Å². The van der Waals surface area contributed by atoms with E-state index >= 15 is 0 Å². The molecule has 4 heteroatoms. The van der Waals surface area contributed by atoms with E-state index in [2.05, 4.69) is 5.32 Å². The molecule has 0 fully saturated rings. The molecule has 0 saturated heterocycles. The van der Waals surface area contributed by atoms with Gasteiger partial charge < -0.3 is 14.8 Å². The highest BCUT2D eigenvalue weighted by Crippen LogP contribution is 2.21. The third-order valence-electron chi connectivity index (χ3n) is 2.44. The Morgan fingerprint density at radius 1 is 1.35 bits per heavy atom. The normalized spacial score (nSPS) is 14.6. The highest BCUT2D eigenvalue weighted by atomic mass is 19.1. The van der Waals surface area contributed by atoms with Gasteiger partial charge in [0.1, 0.15) is 5.82 Å². The molecule has 1 rings (SSSR count). The Bertz CT molecular complexity index is 333. The summed E-state index contributed by atoms with van der Waals surface area (Å²) < 4.78 is 24.4. The molecular formula is C13H20FNO2. The van der Waals surface area contributed by atoms with Gasteiger partial charge in [-0.05, 0) is 20.0 Å². The van der Waals surface area contributed by atoms with Crippen LogP contribution in [0.3, 0.4) is 0 Å². The highest BCUT2D eigenvalue weighted by Gasteiger charge is 2.18. The van der Waals surface area contributed by atoms with Gasteiger partial charge in [-0.2, -0.15) is 0 Å². The molecule has 1 N–H and O–H groups in total. The van der Waals surface area contributed by atoms with Crippen molar-refractivity contribution in [2.45, 2.75) is 19.1 Å². The summed E-state index contributed by atoms with van der Waals surface area (Å²) in [5.41, 5.74) is 0.574. The lowest BCUT2D eigenvalue weighted by Gasteiger charge is -2.22. The van der Waals surface area contributed by atoms with Crippen molar-refractivity contribution in [1.29, 1.82) is 0 Å². The Morgan fingerprint density at radius 2 is 2.06 bits per heavy atom. The zero-order valence-corrected chi connectivity index (χ0v) is 10.6. The monoisotopic (exact) mass is 241 g/mol. The van der Waals surface area contributed by atoms with E-state index in [1.54, 1.807) is 19.2 Å². The molecular weight excluding hydrogens is 221 g/mol. The first kappa shape index (κ1) is 14.1. The van der Waals surface area contributed by atoms with Gasteiger partial charge >= 0.3 is 0 Å². The van der Waals surface area contributed by atoms with Crippen molar-refractivity contribution in [3.05, 3.63) is 35.6 Å². The topological polar surface area (TPSA) is 30.5 Å². The van der Waals surface area contributed by atoms with Crippen LogP contribution in [0.4, 0.5) is 4.39 Å². The van der Waals surface area contributed by atoms with E-state index in [9.17, 15) is 4.39 Å². The first-order valence-corrected chi connectivity index (χ1v) is 5.72. The Morgan fingerprint density at radius 3 is 2.65 bits per heavy atom. The summed E-state index contributed by atoms with van der Waals surface area (Å²) in [7, 11) is 3.44.